The number of aromatic amines is 1. The van der Waals surface area contributed by atoms with Gasteiger partial charge in [0.2, 0.25) is 5.82 Å². The van der Waals surface area contributed by atoms with Crippen LogP contribution in [0.5, 0.6) is 0 Å². The molecule has 0 unspecified atom stereocenters. The van der Waals surface area contributed by atoms with Gasteiger partial charge in [-0.05, 0) is 37.3 Å². The van der Waals surface area contributed by atoms with E-state index in [4.69, 9.17) is 5.73 Å². The SMILES string of the molecule is CCCN(C(=O)c1ncn[nH]1)[C@H](CC)CCc1nc2c(-c3ccc(CO)c(F)c3)cnn2c(N)c1S(C)(=O)=O. The number of aromatic nitrogens is 6. The minimum atomic E-state index is -3.80. The first-order chi connectivity index (χ1) is 18.6. The number of carbonyl (C=O) groups is 1. The Labute approximate surface area is 225 Å². The summed E-state index contributed by atoms with van der Waals surface area (Å²) in [6, 6.07) is 4.11. The number of nitrogens with zero attached hydrogens (tertiary/aromatic N) is 6. The number of fused-ring (bicyclic) bond motifs is 1. The molecule has 4 aromatic rings. The van der Waals surface area contributed by atoms with E-state index in [1.807, 2.05) is 13.8 Å². The first kappa shape index (κ1) is 28.1. The van der Waals surface area contributed by atoms with E-state index in [1.165, 1.54) is 29.2 Å². The third-order valence-electron chi connectivity index (χ3n) is 6.58. The van der Waals surface area contributed by atoms with Gasteiger partial charge in [0.25, 0.3) is 5.91 Å². The summed E-state index contributed by atoms with van der Waals surface area (Å²) in [5.74, 6) is -0.856. The first-order valence-corrected chi connectivity index (χ1v) is 14.4. The van der Waals surface area contributed by atoms with E-state index in [9.17, 15) is 22.7 Å². The predicted molar refractivity (Wildman–Crippen MR) is 142 cm³/mol. The number of sulfone groups is 1. The summed E-state index contributed by atoms with van der Waals surface area (Å²) in [7, 11) is -3.80. The molecule has 0 spiro atoms. The lowest BCUT2D eigenvalue weighted by atomic mass is 10.0. The molecular formula is C25H31FN8O4S. The fourth-order valence-electron chi connectivity index (χ4n) is 4.69. The molecule has 39 heavy (non-hydrogen) atoms. The van der Waals surface area contributed by atoms with E-state index >= 15 is 0 Å². The van der Waals surface area contributed by atoms with E-state index in [-0.39, 0.29) is 51.8 Å². The topological polar surface area (TPSA) is 172 Å². The van der Waals surface area contributed by atoms with Crippen molar-refractivity contribution in [2.45, 2.75) is 57.1 Å². The average molecular weight is 559 g/mol. The molecule has 0 aliphatic carbocycles. The van der Waals surface area contributed by atoms with Crippen LogP contribution in [0.4, 0.5) is 10.2 Å². The lowest BCUT2D eigenvalue weighted by Gasteiger charge is -2.30. The third kappa shape index (κ3) is 5.61. The monoisotopic (exact) mass is 558 g/mol. The van der Waals surface area contributed by atoms with Crippen LogP contribution in [0.3, 0.4) is 0 Å². The van der Waals surface area contributed by atoms with Gasteiger partial charge in [-0.15, -0.1) is 0 Å². The number of nitrogens with one attached hydrogen (secondary N) is 1. The summed E-state index contributed by atoms with van der Waals surface area (Å²) in [6.07, 6.45) is 5.70. The second-order valence-electron chi connectivity index (χ2n) is 9.24. The summed E-state index contributed by atoms with van der Waals surface area (Å²) >= 11 is 0. The van der Waals surface area contributed by atoms with Crippen molar-refractivity contribution in [3.05, 3.63) is 53.6 Å². The Kier molecular flexibility index (Phi) is 8.25. The minimum Gasteiger partial charge on any atom is -0.392 e. The number of nitrogen functional groups attached to an aromatic ring is 1. The largest absolute Gasteiger partial charge is 0.392 e. The fraction of sp³-hybridized carbons (Fsp3) is 0.400. The van der Waals surface area contributed by atoms with Gasteiger partial charge in [0.05, 0.1) is 18.5 Å². The maximum Gasteiger partial charge on any atom is 0.291 e. The van der Waals surface area contributed by atoms with Crippen LogP contribution < -0.4 is 5.73 Å². The Hall–Kier alpha value is -3.91. The van der Waals surface area contributed by atoms with Gasteiger partial charge in [0.15, 0.2) is 15.5 Å². The van der Waals surface area contributed by atoms with Crippen molar-refractivity contribution < 1.29 is 22.7 Å². The van der Waals surface area contributed by atoms with Crippen LogP contribution in [0.1, 0.15) is 55.0 Å². The number of halogens is 1. The normalized spacial score (nSPS) is 12.6. The van der Waals surface area contributed by atoms with Crippen LogP contribution in [0.25, 0.3) is 16.8 Å². The Morgan fingerprint density at radius 1 is 1.31 bits per heavy atom. The maximum absolute atomic E-state index is 14.4. The van der Waals surface area contributed by atoms with Gasteiger partial charge >= 0.3 is 0 Å². The van der Waals surface area contributed by atoms with E-state index < -0.39 is 22.3 Å². The molecule has 4 N–H and O–H groups in total. The highest BCUT2D eigenvalue weighted by Crippen LogP contribution is 2.31. The number of amides is 1. The first-order valence-electron chi connectivity index (χ1n) is 12.5. The third-order valence-corrected chi connectivity index (χ3v) is 7.77. The highest BCUT2D eigenvalue weighted by atomic mass is 32.2. The number of aryl methyl sites for hydroxylation is 1. The zero-order chi connectivity index (χ0) is 28.3. The van der Waals surface area contributed by atoms with Crippen molar-refractivity contribution in [2.75, 3.05) is 18.5 Å². The minimum absolute atomic E-state index is 0.104. The molecule has 3 aromatic heterocycles. The maximum atomic E-state index is 14.4. The van der Waals surface area contributed by atoms with Gasteiger partial charge in [-0.1, -0.05) is 26.0 Å². The predicted octanol–water partition coefficient (Wildman–Crippen LogP) is 2.40. The molecule has 0 bridgehead atoms. The number of hydrogen-bond acceptors (Lipinski definition) is 9. The number of H-pyrrole nitrogens is 1. The number of anilines is 1. The zero-order valence-electron chi connectivity index (χ0n) is 21.9. The van der Waals surface area contributed by atoms with E-state index in [0.29, 0.717) is 36.9 Å². The molecule has 208 valence electrons. The van der Waals surface area contributed by atoms with Gasteiger partial charge in [0.1, 0.15) is 22.9 Å². The van der Waals surface area contributed by atoms with Crippen LogP contribution in [-0.2, 0) is 22.9 Å². The molecule has 14 heteroatoms. The standard InChI is InChI=1S/C25H31FN8O4S/c1-4-10-33(25(36)23-28-14-29-32-23)17(5-2)8-9-20-21(39(3,37)38)22(27)34-24(31-20)18(12-30-34)15-6-7-16(13-35)19(26)11-15/h6-7,11-12,14,17,35H,4-5,8-10,13,27H2,1-3H3,(H,28,29,32)/t17-/m1/s1. The van der Waals surface area contributed by atoms with Crippen LogP contribution in [0.15, 0.2) is 35.6 Å². The van der Waals surface area contributed by atoms with E-state index in [2.05, 4.69) is 25.3 Å². The van der Waals surface area contributed by atoms with Gasteiger partial charge in [-0.25, -0.2) is 22.8 Å². The highest BCUT2D eigenvalue weighted by molar-refractivity contribution is 7.91. The molecule has 1 atom stereocenters. The van der Waals surface area contributed by atoms with Crippen LogP contribution in [0, 0.1) is 5.82 Å². The van der Waals surface area contributed by atoms with Crippen molar-refractivity contribution in [2.24, 2.45) is 0 Å². The average Bonchev–Trinajstić information content (AvgIpc) is 3.58. The number of benzene rings is 1. The zero-order valence-corrected chi connectivity index (χ0v) is 22.7. The molecule has 0 saturated heterocycles. The fourth-order valence-corrected chi connectivity index (χ4v) is 5.73. The molecule has 0 aliphatic rings. The quantitative estimate of drug-likeness (QED) is 0.250. The summed E-state index contributed by atoms with van der Waals surface area (Å²) in [5, 5.41) is 19.9. The molecule has 1 amide bonds. The van der Waals surface area contributed by atoms with Crippen molar-refractivity contribution in [3.63, 3.8) is 0 Å². The van der Waals surface area contributed by atoms with Crippen LogP contribution >= 0.6 is 0 Å². The molecule has 4 rings (SSSR count). The van der Waals surface area contributed by atoms with Crippen molar-refractivity contribution in [3.8, 4) is 11.1 Å². The lowest BCUT2D eigenvalue weighted by molar-refractivity contribution is 0.0650. The Bertz CT molecular complexity index is 1590. The van der Waals surface area contributed by atoms with Gasteiger partial charge in [-0.2, -0.15) is 14.7 Å². The van der Waals surface area contributed by atoms with Crippen molar-refractivity contribution >= 4 is 27.2 Å². The number of carbonyl (C=O) groups excluding carboxylic acids is 1. The summed E-state index contributed by atoms with van der Waals surface area (Å²) in [5.41, 5.74) is 7.86. The van der Waals surface area contributed by atoms with Gasteiger partial charge in [0, 0.05) is 30.0 Å². The molecule has 0 radical (unpaired) electrons. The van der Waals surface area contributed by atoms with Gasteiger partial charge < -0.3 is 15.7 Å². The number of nitrogens with two attached hydrogens (primary N) is 1. The second-order valence-corrected chi connectivity index (χ2v) is 11.2. The molecule has 0 aliphatic heterocycles. The number of aliphatic hydroxyl groups is 1. The second kappa shape index (κ2) is 11.5. The van der Waals surface area contributed by atoms with Crippen molar-refractivity contribution in [1.29, 1.82) is 0 Å². The van der Waals surface area contributed by atoms with E-state index in [0.717, 1.165) is 6.26 Å². The summed E-state index contributed by atoms with van der Waals surface area (Å²) < 4.78 is 41.3. The van der Waals surface area contributed by atoms with Crippen molar-refractivity contribution in [1.82, 2.24) is 34.7 Å². The molecule has 0 fully saturated rings. The molecular weight excluding hydrogens is 527 g/mol. The van der Waals surface area contributed by atoms with Crippen LogP contribution in [-0.4, -0.2) is 73.0 Å². The highest BCUT2D eigenvalue weighted by Gasteiger charge is 2.28. The summed E-state index contributed by atoms with van der Waals surface area (Å²) in [6.45, 7) is 3.94. The smallest absolute Gasteiger partial charge is 0.291 e. The Balaban J connectivity index is 1.75. The summed E-state index contributed by atoms with van der Waals surface area (Å²) in [4.78, 5) is 23.3. The molecule has 3 heterocycles. The van der Waals surface area contributed by atoms with Gasteiger partial charge in [-0.3, -0.25) is 9.89 Å². The number of rotatable bonds is 11. The number of hydrogen-bond donors (Lipinski definition) is 3. The molecule has 12 nitrogen and oxygen atoms in total. The Morgan fingerprint density at radius 3 is 2.67 bits per heavy atom. The van der Waals surface area contributed by atoms with Crippen LogP contribution in [0.2, 0.25) is 0 Å². The molecule has 1 aromatic carbocycles. The Morgan fingerprint density at radius 2 is 2.08 bits per heavy atom. The lowest BCUT2D eigenvalue weighted by Crippen LogP contribution is -2.41. The number of aliphatic hydroxyl groups excluding tert-OH is 1. The van der Waals surface area contributed by atoms with E-state index in [1.54, 1.807) is 11.0 Å². The molecule has 0 saturated carbocycles.